The third kappa shape index (κ3) is 3.46. The van der Waals surface area contributed by atoms with Crippen molar-refractivity contribution in [3.8, 4) is 0 Å². The predicted octanol–water partition coefficient (Wildman–Crippen LogP) is 3.59. The molecule has 0 aliphatic carbocycles. The lowest BCUT2D eigenvalue weighted by Crippen LogP contribution is -2.42. The van der Waals surface area contributed by atoms with Crippen LogP contribution in [0.2, 0.25) is 0 Å². The average Bonchev–Trinajstić information content (AvgIpc) is 2.81. The third-order valence-corrected chi connectivity index (χ3v) is 6.03. The van der Waals surface area contributed by atoms with Gasteiger partial charge in [-0.05, 0) is 39.0 Å². The highest BCUT2D eigenvalue weighted by Crippen LogP contribution is 2.34. The van der Waals surface area contributed by atoms with Gasteiger partial charge in [0.1, 0.15) is 0 Å². The molecule has 0 aromatic heterocycles. The van der Waals surface area contributed by atoms with Crippen molar-refractivity contribution in [1.29, 1.82) is 0 Å². The molecule has 110 valence electrons. The zero-order chi connectivity index (χ0) is 13.9. The van der Waals surface area contributed by atoms with E-state index >= 15 is 0 Å². The maximum atomic E-state index is 6.02. The first-order chi connectivity index (χ1) is 9.05. The van der Waals surface area contributed by atoms with Crippen molar-refractivity contribution in [1.82, 2.24) is 5.32 Å². The average molecular weight is 284 g/mol. The Morgan fingerprint density at radius 3 is 2.63 bits per heavy atom. The van der Waals surface area contributed by atoms with Gasteiger partial charge in [0.25, 0.3) is 0 Å². The summed E-state index contributed by atoms with van der Waals surface area (Å²) in [6.45, 7) is 9.85. The Balaban J connectivity index is 2.00. The van der Waals surface area contributed by atoms with Crippen LogP contribution < -0.4 is 5.32 Å². The fourth-order valence-corrected chi connectivity index (χ4v) is 4.11. The molecule has 2 aliphatic rings. The SMILES string of the molecule is CCC1(C)CSC(=NC2CCOC(CC)(CC)C2)N1. The van der Waals surface area contributed by atoms with Gasteiger partial charge in [0.2, 0.25) is 0 Å². The molecular formula is C15H28N2OS. The quantitative estimate of drug-likeness (QED) is 0.856. The van der Waals surface area contributed by atoms with Crippen molar-refractivity contribution in [2.24, 2.45) is 4.99 Å². The molecule has 4 heteroatoms. The Bertz CT molecular complexity index is 341. The van der Waals surface area contributed by atoms with Crippen LogP contribution in [0.3, 0.4) is 0 Å². The molecule has 2 rings (SSSR count). The van der Waals surface area contributed by atoms with Crippen LogP contribution in [0, 0.1) is 0 Å². The van der Waals surface area contributed by atoms with Gasteiger partial charge >= 0.3 is 0 Å². The van der Waals surface area contributed by atoms with E-state index in [1.165, 1.54) is 0 Å². The van der Waals surface area contributed by atoms with Crippen molar-refractivity contribution >= 4 is 16.9 Å². The zero-order valence-corrected chi connectivity index (χ0v) is 13.6. The first-order valence-electron chi connectivity index (χ1n) is 7.67. The van der Waals surface area contributed by atoms with Crippen LogP contribution in [0.5, 0.6) is 0 Å². The van der Waals surface area contributed by atoms with Crippen LogP contribution in [-0.4, -0.2) is 34.7 Å². The van der Waals surface area contributed by atoms with E-state index < -0.39 is 0 Å². The predicted molar refractivity (Wildman–Crippen MR) is 84.0 cm³/mol. The van der Waals surface area contributed by atoms with E-state index in [0.717, 1.165) is 49.6 Å². The summed E-state index contributed by atoms with van der Waals surface area (Å²) in [7, 11) is 0. The number of hydrogen-bond donors (Lipinski definition) is 1. The van der Waals surface area contributed by atoms with Crippen LogP contribution >= 0.6 is 11.8 Å². The topological polar surface area (TPSA) is 33.6 Å². The Hall–Kier alpha value is -0.220. The first kappa shape index (κ1) is 15.2. The highest BCUT2D eigenvalue weighted by atomic mass is 32.2. The van der Waals surface area contributed by atoms with Gasteiger partial charge in [-0.25, -0.2) is 0 Å². The summed E-state index contributed by atoms with van der Waals surface area (Å²) in [6.07, 6.45) is 5.49. The fraction of sp³-hybridized carbons (Fsp3) is 0.933. The molecule has 0 radical (unpaired) electrons. The largest absolute Gasteiger partial charge is 0.375 e. The van der Waals surface area contributed by atoms with Crippen LogP contribution in [0.4, 0.5) is 0 Å². The maximum absolute atomic E-state index is 6.02. The zero-order valence-electron chi connectivity index (χ0n) is 12.8. The molecule has 2 atom stereocenters. The van der Waals surface area contributed by atoms with Crippen molar-refractivity contribution < 1.29 is 4.74 Å². The van der Waals surface area contributed by atoms with E-state index in [9.17, 15) is 0 Å². The molecule has 19 heavy (non-hydrogen) atoms. The lowest BCUT2D eigenvalue weighted by atomic mass is 9.86. The van der Waals surface area contributed by atoms with Gasteiger partial charge in [0, 0.05) is 17.9 Å². The third-order valence-electron chi connectivity index (χ3n) is 4.77. The van der Waals surface area contributed by atoms with Crippen LogP contribution in [0.1, 0.15) is 59.8 Å². The molecule has 0 amide bonds. The van der Waals surface area contributed by atoms with Crippen LogP contribution in [-0.2, 0) is 4.74 Å². The summed E-state index contributed by atoms with van der Waals surface area (Å²) < 4.78 is 6.02. The molecule has 2 heterocycles. The molecular weight excluding hydrogens is 256 g/mol. The molecule has 2 fully saturated rings. The van der Waals surface area contributed by atoms with E-state index in [2.05, 4.69) is 33.0 Å². The molecule has 2 aliphatic heterocycles. The van der Waals surface area contributed by atoms with Crippen molar-refractivity contribution in [2.75, 3.05) is 12.4 Å². The monoisotopic (exact) mass is 284 g/mol. The smallest absolute Gasteiger partial charge is 0.157 e. The molecule has 0 aromatic rings. The molecule has 0 saturated carbocycles. The number of amidine groups is 1. The summed E-state index contributed by atoms with van der Waals surface area (Å²) in [4.78, 5) is 4.96. The standard InChI is InChI=1S/C15H28N2OS/c1-5-14(4)11-19-13(17-14)16-12-8-9-18-15(6-2,7-3)10-12/h12H,5-11H2,1-4H3,(H,16,17). The summed E-state index contributed by atoms with van der Waals surface area (Å²) in [5.41, 5.74) is 0.311. The number of nitrogens with one attached hydrogen (secondary N) is 1. The van der Waals surface area contributed by atoms with Crippen LogP contribution in [0.25, 0.3) is 0 Å². The van der Waals surface area contributed by atoms with Crippen molar-refractivity contribution in [2.45, 2.75) is 77.0 Å². The summed E-state index contributed by atoms with van der Waals surface area (Å²) in [5, 5.41) is 4.75. The molecule has 2 saturated heterocycles. The number of aliphatic imine (C=N–C) groups is 1. The van der Waals surface area contributed by atoms with Gasteiger partial charge in [-0.3, -0.25) is 4.99 Å². The Morgan fingerprint density at radius 1 is 1.32 bits per heavy atom. The first-order valence-corrected chi connectivity index (χ1v) is 8.66. The number of thioether (sulfide) groups is 1. The second kappa shape index (κ2) is 6.04. The minimum absolute atomic E-state index is 0.0737. The molecule has 0 bridgehead atoms. The van der Waals surface area contributed by atoms with Gasteiger partial charge in [0.05, 0.1) is 11.6 Å². The van der Waals surface area contributed by atoms with E-state index in [1.54, 1.807) is 0 Å². The Kier molecular flexibility index (Phi) is 4.83. The van der Waals surface area contributed by atoms with Gasteiger partial charge in [0.15, 0.2) is 5.17 Å². The van der Waals surface area contributed by atoms with Crippen molar-refractivity contribution in [3.63, 3.8) is 0 Å². The normalized spacial score (nSPS) is 36.4. The molecule has 0 aromatic carbocycles. The second-order valence-corrected chi connectivity index (χ2v) is 7.11. The highest BCUT2D eigenvalue weighted by Gasteiger charge is 2.36. The number of hydrogen-bond acceptors (Lipinski definition) is 3. The van der Waals surface area contributed by atoms with E-state index in [4.69, 9.17) is 9.73 Å². The van der Waals surface area contributed by atoms with E-state index in [1.807, 2.05) is 11.8 Å². The van der Waals surface area contributed by atoms with Crippen molar-refractivity contribution in [3.05, 3.63) is 0 Å². The van der Waals surface area contributed by atoms with Gasteiger partial charge in [-0.2, -0.15) is 0 Å². The molecule has 0 spiro atoms. The minimum atomic E-state index is 0.0737. The van der Waals surface area contributed by atoms with Crippen LogP contribution in [0.15, 0.2) is 4.99 Å². The lowest BCUT2D eigenvalue weighted by Gasteiger charge is -2.38. The number of rotatable bonds is 4. The summed E-state index contributed by atoms with van der Waals surface area (Å²) in [6, 6.07) is 0.433. The number of ether oxygens (including phenoxy) is 1. The highest BCUT2D eigenvalue weighted by molar-refractivity contribution is 8.14. The van der Waals surface area contributed by atoms with Gasteiger partial charge in [-0.15, -0.1) is 0 Å². The second-order valence-electron chi connectivity index (χ2n) is 6.15. The lowest BCUT2D eigenvalue weighted by molar-refractivity contribution is -0.0884. The minimum Gasteiger partial charge on any atom is -0.375 e. The van der Waals surface area contributed by atoms with E-state index in [0.29, 0.717) is 6.04 Å². The van der Waals surface area contributed by atoms with Gasteiger partial charge < -0.3 is 10.1 Å². The maximum Gasteiger partial charge on any atom is 0.157 e. The molecule has 1 N–H and O–H groups in total. The van der Waals surface area contributed by atoms with Gasteiger partial charge in [-0.1, -0.05) is 32.5 Å². The number of nitrogens with zero attached hydrogens (tertiary/aromatic N) is 1. The van der Waals surface area contributed by atoms with E-state index in [-0.39, 0.29) is 11.1 Å². The Labute approximate surface area is 122 Å². The molecule has 3 nitrogen and oxygen atoms in total. The summed E-state index contributed by atoms with van der Waals surface area (Å²) in [5.74, 6) is 1.14. The molecule has 2 unspecified atom stereocenters. The summed E-state index contributed by atoms with van der Waals surface area (Å²) >= 11 is 1.88. The Morgan fingerprint density at radius 2 is 2.05 bits per heavy atom. The fourth-order valence-electron chi connectivity index (χ4n) is 2.84.